The molecule has 31 heavy (non-hydrogen) atoms. The summed E-state index contributed by atoms with van der Waals surface area (Å²) in [6.07, 6.45) is 5.03. The standard InChI is InChI=1S/C22H23ClN3O4P/c1-26-22(17-6-9-19(23)10-7-17)18(14-24-26)8-13-21(27)25-20-11-4-16(5-12-20)15-31(28,29-2)30-3/h4-14H,15H2,1-3H3,(H,25,27). The highest BCUT2D eigenvalue weighted by Crippen LogP contribution is 2.49. The van der Waals surface area contributed by atoms with Gasteiger partial charge in [0, 0.05) is 49.2 Å². The monoisotopic (exact) mass is 459 g/mol. The van der Waals surface area contributed by atoms with Crippen molar-refractivity contribution in [1.82, 2.24) is 9.78 Å². The molecule has 0 spiro atoms. The molecular formula is C22H23ClN3O4P. The Labute approximate surface area is 186 Å². The largest absolute Gasteiger partial charge is 0.334 e. The van der Waals surface area contributed by atoms with E-state index in [-0.39, 0.29) is 12.1 Å². The number of hydrogen-bond acceptors (Lipinski definition) is 5. The van der Waals surface area contributed by atoms with Gasteiger partial charge in [0.15, 0.2) is 0 Å². The minimum absolute atomic E-state index is 0.155. The van der Waals surface area contributed by atoms with Crippen LogP contribution in [0.4, 0.5) is 5.69 Å². The topological polar surface area (TPSA) is 82.5 Å². The molecule has 0 unspecified atom stereocenters. The fourth-order valence-corrected chi connectivity index (χ4v) is 4.20. The molecule has 0 saturated heterocycles. The zero-order chi connectivity index (χ0) is 22.4. The number of carbonyl (C=O) groups excluding carboxylic acids is 1. The second kappa shape index (κ2) is 10.1. The highest BCUT2D eigenvalue weighted by Gasteiger charge is 2.21. The molecule has 9 heteroatoms. The summed E-state index contributed by atoms with van der Waals surface area (Å²) in [6.45, 7) is 0. The SMILES string of the molecule is COP(=O)(Cc1ccc(NC(=O)C=Cc2cnn(C)c2-c2ccc(Cl)cc2)cc1)OC. The van der Waals surface area contributed by atoms with Gasteiger partial charge in [-0.25, -0.2) is 0 Å². The van der Waals surface area contributed by atoms with Crippen LogP contribution in [0.2, 0.25) is 5.02 Å². The normalized spacial score (nSPS) is 11.7. The molecule has 0 aliphatic rings. The van der Waals surface area contributed by atoms with Crippen molar-refractivity contribution >= 4 is 36.9 Å². The summed E-state index contributed by atoms with van der Waals surface area (Å²) >= 11 is 5.97. The Morgan fingerprint density at radius 3 is 2.39 bits per heavy atom. The number of rotatable bonds is 8. The van der Waals surface area contributed by atoms with Gasteiger partial charge in [0.1, 0.15) is 0 Å². The molecule has 0 fully saturated rings. The van der Waals surface area contributed by atoms with Gasteiger partial charge >= 0.3 is 7.60 Å². The van der Waals surface area contributed by atoms with Crippen molar-refractivity contribution < 1.29 is 18.4 Å². The average molecular weight is 460 g/mol. The fourth-order valence-electron chi connectivity index (χ4n) is 3.01. The Balaban J connectivity index is 1.68. The van der Waals surface area contributed by atoms with Crippen LogP contribution in [0.3, 0.4) is 0 Å². The summed E-state index contributed by atoms with van der Waals surface area (Å²) in [7, 11) is 1.41. The van der Waals surface area contributed by atoms with E-state index < -0.39 is 7.60 Å². The van der Waals surface area contributed by atoms with Gasteiger partial charge in [-0.05, 0) is 35.9 Å². The summed E-state index contributed by atoms with van der Waals surface area (Å²) in [6, 6.07) is 14.4. The second-order valence-corrected chi connectivity index (χ2v) is 9.44. The van der Waals surface area contributed by atoms with Gasteiger partial charge in [0.2, 0.25) is 5.91 Å². The third kappa shape index (κ3) is 5.93. The van der Waals surface area contributed by atoms with Gasteiger partial charge in [0.05, 0.1) is 18.1 Å². The molecule has 0 radical (unpaired) electrons. The predicted molar refractivity (Wildman–Crippen MR) is 123 cm³/mol. The predicted octanol–water partition coefficient (Wildman–Crippen LogP) is 5.38. The van der Waals surface area contributed by atoms with Gasteiger partial charge in [-0.1, -0.05) is 35.9 Å². The molecule has 3 aromatic rings. The number of benzene rings is 2. The fraction of sp³-hybridized carbons (Fsp3) is 0.182. The maximum atomic E-state index is 12.4. The molecule has 1 amide bonds. The summed E-state index contributed by atoms with van der Waals surface area (Å²) in [5.74, 6) is -0.280. The lowest BCUT2D eigenvalue weighted by Crippen LogP contribution is -2.07. The van der Waals surface area contributed by atoms with Crippen LogP contribution in [0.15, 0.2) is 60.8 Å². The molecule has 0 atom stereocenters. The Kier molecular flexibility index (Phi) is 7.46. The lowest BCUT2D eigenvalue weighted by molar-refractivity contribution is -0.111. The molecule has 0 aliphatic heterocycles. The molecule has 1 heterocycles. The van der Waals surface area contributed by atoms with Crippen molar-refractivity contribution in [2.75, 3.05) is 19.5 Å². The number of nitrogens with one attached hydrogen (secondary N) is 1. The van der Waals surface area contributed by atoms with Crippen molar-refractivity contribution in [3.63, 3.8) is 0 Å². The minimum Gasteiger partial charge on any atom is -0.323 e. The number of aromatic nitrogens is 2. The molecule has 0 saturated carbocycles. The minimum atomic E-state index is -3.14. The van der Waals surface area contributed by atoms with E-state index in [0.29, 0.717) is 10.7 Å². The van der Waals surface area contributed by atoms with Gasteiger partial charge < -0.3 is 14.4 Å². The number of amides is 1. The van der Waals surface area contributed by atoms with E-state index in [1.54, 1.807) is 41.2 Å². The first-order valence-corrected chi connectivity index (χ1v) is 11.5. The number of hydrogen-bond donors (Lipinski definition) is 1. The van der Waals surface area contributed by atoms with E-state index in [0.717, 1.165) is 22.4 Å². The van der Waals surface area contributed by atoms with Crippen molar-refractivity contribution in [3.8, 4) is 11.3 Å². The first-order chi connectivity index (χ1) is 14.8. The molecule has 2 aromatic carbocycles. The number of nitrogens with zero attached hydrogens (tertiary/aromatic N) is 2. The lowest BCUT2D eigenvalue weighted by atomic mass is 10.1. The van der Waals surface area contributed by atoms with E-state index in [4.69, 9.17) is 20.6 Å². The average Bonchev–Trinajstić information content (AvgIpc) is 3.14. The van der Waals surface area contributed by atoms with E-state index in [9.17, 15) is 9.36 Å². The van der Waals surface area contributed by atoms with Crippen LogP contribution in [0.1, 0.15) is 11.1 Å². The highest BCUT2D eigenvalue weighted by atomic mass is 35.5. The summed E-state index contributed by atoms with van der Waals surface area (Å²) in [4.78, 5) is 12.4. The number of anilines is 1. The third-order valence-electron chi connectivity index (χ3n) is 4.65. The molecule has 1 aromatic heterocycles. The molecule has 1 N–H and O–H groups in total. The van der Waals surface area contributed by atoms with E-state index in [2.05, 4.69) is 10.4 Å². The molecule has 0 bridgehead atoms. The quantitative estimate of drug-likeness (QED) is 0.361. The zero-order valence-electron chi connectivity index (χ0n) is 17.4. The van der Waals surface area contributed by atoms with Crippen molar-refractivity contribution in [3.05, 3.63) is 77.0 Å². The van der Waals surface area contributed by atoms with Crippen LogP contribution in [-0.2, 0) is 31.6 Å². The first kappa shape index (κ1) is 23.0. The molecule has 162 valence electrons. The maximum absolute atomic E-state index is 12.4. The van der Waals surface area contributed by atoms with Crippen LogP contribution in [0.5, 0.6) is 0 Å². The summed E-state index contributed by atoms with van der Waals surface area (Å²) in [5.41, 5.74) is 4.04. The van der Waals surface area contributed by atoms with Crippen LogP contribution < -0.4 is 5.32 Å². The molecule has 3 rings (SSSR count). The Morgan fingerprint density at radius 2 is 1.77 bits per heavy atom. The number of carbonyl (C=O) groups is 1. The van der Waals surface area contributed by atoms with Crippen molar-refractivity contribution in [1.29, 1.82) is 0 Å². The van der Waals surface area contributed by atoms with Crippen LogP contribution in [0, 0.1) is 0 Å². The Bertz CT molecular complexity index is 1120. The third-order valence-corrected chi connectivity index (χ3v) is 6.77. The highest BCUT2D eigenvalue weighted by molar-refractivity contribution is 7.52. The molecule has 0 aliphatic carbocycles. The Morgan fingerprint density at radius 1 is 1.13 bits per heavy atom. The number of halogens is 1. The van der Waals surface area contributed by atoms with Gasteiger partial charge in [0.25, 0.3) is 0 Å². The van der Waals surface area contributed by atoms with Crippen LogP contribution >= 0.6 is 19.2 Å². The van der Waals surface area contributed by atoms with Crippen LogP contribution in [-0.4, -0.2) is 29.9 Å². The van der Waals surface area contributed by atoms with Crippen molar-refractivity contribution in [2.24, 2.45) is 7.05 Å². The van der Waals surface area contributed by atoms with Crippen LogP contribution in [0.25, 0.3) is 17.3 Å². The van der Waals surface area contributed by atoms with Gasteiger partial charge in [-0.15, -0.1) is 0 Å². The summed E-state index contributed by atoms with van der Waals surface area (Å²) < 4.78 is 23.9. The van der Waals surface area contributed by atoms with E-state index in [1.807, 2.05) is 31.3 Å². The first-order valence-electron chi connectivity index (χ1n) is 9.40. The second-order valence-electron chi connectivity index (χ2n) is 6.73. The zero-order valence-corrected chi connectivity index (χ0v) is 19.1. The molecule has 7 nitrogen and oxygen atoms in total. The van der Waals surface area contributed by atoms with Gasteiger partial charge in [-0.3, -0.25) is 14.0 Å². The lowest BCUT2D eigenvalue weighted by Gasteiger charge is -2.13. The molecular weight excluding hydrogens is 437 g/mol. The van der Waals surface area contributed by atoms with Gasteiger partial charge in [-0.2, -0.15) is 5.10 Å². The van der Waals surface area contributed by atoms with Crippen molar-refractivity contribution in [2.45, 2.75) is 6.16 Å². The summed E-state index contributed by atoms with van der Waals surface area (Å²) in [5, 5.41) is 7.74. The smallest absolute Gasteiger partial charge is 0.323 e. The maximum Gasteiger partial charge on any atom is 0.334 e. The number of aryl methyl sites for hydroxylation is 1. The van der Waals surface area contributed by atoms with E-state index >= 15 is 0 Å². The van der Waals surface area contributed by atoms with E-state index in [1.165, 1.54) is 20.3 Å². The Hall–Kier alpha value is -2.70.